The molecule has 3 unspecified atom stereocenters. The molecule has 0 bridgehead atoms. The summed E-state index contributed by atoms with van der Waals surface area (Å²) in [6.07, 6.45) is 2.74. The highest BCUT2D eigenvalue weighted by Gasteiger charge is 2.30. The van der Waals surface area contributed by atoms with Crippen LogP contribution in [0.4, 0.5) is 0 Å². The fourth-order valence-corrected chi connectivity index (χ4v) is 2.75. The van der Waals surface area contributed by atoms with Gasteiger partial charge in [-0.25, -0.2) is 0 Å². The molecule has 2 rings (SSSR count). The maximum Gasteiger partial charge on any atom is 0.0220 e. The van der Waals surface area contributed by atoms with Crippen molar-refractivity contribution in [1.29, 1.82) is 0 Å². The molecule has 0 aliphatic carbocycles. The van der Waals surface area contributed by atoms with Crippen LogP contribution in [0.15, 0.2) is 0 Å². The molecule has 3 nitrogen and oxygen atoms in total. The van der Waals surface area contributed by atoms with Gasteiger partial charge >= 0.3 is 0 Å². The first-order valence-corrected chi connectivity index (χ1v) is 5.85. The second-order valence-corrected chi connectivity index (χ2v) is 5.14. The minimum absolute atomic E-state index is 0.404. The lowest BCUT2D eigenvalue weighted by Gasteiger charge is -2.25. The van der Waals surface area contributed by atoms with Gasteiger partial charge in [-0.15, -0.1) is 0 Å². The zero-order valence-corrected chi connectivity index (χ0v) is 9.45. The number of hydrogen-bond donors (Lipinski definition) is 1. The molecule has 2 saturated heterocycles. The second kappa shape index (κ2) is 4.17. The highest BCUT2D eigenvalue weighted by molar-refractivity contribution is 4.88. The smallest absolute Gasteiger partial charge is 0.0220 e. The molecule has 2 aliphatic rings. The summed E-state index contributed by atoms with van der Waals surface area (Å²) in [5.41, 5.74) is 6.02. The van der Waals surface area contributed by atoms with Crippen LogP contribution in [-0.4, -0.2) is 55.1 Å². The lowest BCUT2D eigenvalue weighted by Crippen LogP contribution is -2.38. The molecule has 0 amide bonds. The van der Waals surface area contributed by atoms with Gasteiger partial charge in [0.05, 0.1) is 0 Å². The Labute approximate surface area is 87.2 Å². The molecule has 2 aliphatic heterocycles. The summed E-state index contributed by atoms with van der Waals surface area (Å²) >= 11 is 0. The van der Waals surface area contributed by atoms with Crippen molar-refractivity contribution in [2.45, 2.75) is 31.8 Å². The van der Waals surface area contributed by atoms with E-state index >= 15 is 0 Å². The maximum absolute atomic E-state index is 6.02. The van der Waals surface area contributed by atoms with E-state index in [1.165, 1.54) is 32.5 Å². The first-order valence-electron chi connectivity index (χ1n) is 5.85. The van der Waals surface area contributed by atoms with Gasteiger partial charge in [-0.05, 0) is 32.4 Å². The highest BCUT2D eigenvalue weighted by Crippen LogP contribution is 2.20. The van der Waals surface area contributed by atoms with Crippen molar-refractivity contribution in [1.82, 2.24) is 9.80 Å². The molecular weight excluding hydrogens is 174 g/mol. The van der Waals surface area contributed by atoms with Gasteiger partial charge in [0, 0.05) is 31.7 Å². The molecule has 2 N–H and O–H groups in total. The average molecular weight is 197 g/mol. The van der Waals surface area contributed by atoms with E-state index in [9.17, 15) is 0 Å². The van der Waals surface area contributed by atoms with Crippen LogP contribution in [0, 0.1) is 5.92 Å². The van der Waals surface area contributed by atoms with Gasteiger partial charge in [-0.2, -0.15) is 0 Å². The fourth-order valence-electron chi connectivity index (χ4n) is 2.75. The Bertz CT molecular complexity index is 185. The average Bonchev–Trinajstić information content (AvgIpc) is 2.63. The van der Waals surface area contributed by atoms with E-state index in [0.29, 0.717) is 12.0 Å². The quantitative estimate of drug-likeness (QED) is 0.694. The number of likely N-dealkylation sites (N-methyl/N-ethyl adjacent to an activating group) is 1. The van der Waals surface area contributed by atoms with E-state index in [1.807, 2.05) is 0 Å². The minimum atomic E-state index is 0.404. The van der Waals surface area contributed by atoms with Crippen molar-refractivity contribution in [2.24, 2.45) is 11.7 Å². The van der Waals surface area contributed by atoms with Crippen LogP contribution in [0.1, 0.15) is 19.8 Å². The van der Waals surface area contributed by atoms with E-state index in [1.54, 1.807) is 0 Å². The van der Waals surface area contributed by atoms with Crippen molar-refractivity contribution in [3.05, 3.63) is 0 Å². The van der Waals surface area contributed by atoms with Crippen molar-refractivity contribution in [3.63, 3.8) is 0 Å². The fraction of sp³-hybridized carbons (Fsp3) is 1.00. The Morgan fingerprint density at radius 3 is 2.64 bits per heavy atom. The van der Waals surface area contributed by atoms with Crippen molar-refractivity contribution < 1.29 is 0 Å². The SMILES string of the molecule is CC1CN(CC2CCCN2C)CC1N. The molecule has 0 aromatic rings. The standard InChI is InChI=1S/C11H23N3/c1-9-6-14(8-11(9)12)7-10-4-3-5-13(10)2/h9-11H,3-8,12H2,1-2H3. The van der Waals surface area contributed by atoms with Crippen LogP contribution in [0.25, 0.3) is 0 Å². The minimum Gasteiger partial charge on any atom is -0.326 e. The molecule has 0 radical (unpaired) electrons. The van der Waals surface area contributed by atoms with Gasteiger partial charge < -0.3 is 10.6 Å². The Hall–Kier alpha value is -0.120. The molecule has 2 fully saturated rings. The molecule has 0 aromatic carbocycles. The molecule has 0 spiro atoms. The maximum atomic E-state index is 6.02. The molecular formula is C11H23N3. The van der Waals surface area contributed by atoms with E-state index in [-0.39, 0.29) is 0 Å². The molecule has 82 valence electrons. The van der Waals surface area contributed by atoms with Gasteiger partial charge in [-0.1, -0.05) is 6.92 Å². The summed E-state index contributed by atoms with van der Waals surface area (Å²) in [4.78, 5) is 5.04. The summed E-state index contributed by atoms with van der Waals surface area (Å²) in [5.74, 6) is 0.682. The zero-order valence-electron chi connectivity index (χ0n) is 9.45. The normalized spacial score (nSPS) is 40.9. The van der Waals surface area contributed by atoms with Gasteiger partial charge in [0.1, 0.15) is 0 Å². The molecule has 2 heterocycles. The summed E-state index contributed by atoms with van der Waals surface area (Å²) < 4.78 is 0. The predicted octanol–water partition coefficient (Wildman–Crippen LogP) is 0.360. The molecule has 3 atom stereocenters. The summed E-state index contributed by atoms with van der Waals surface area (Å²) in [7, 11) is 2.25. The third-order valence-electron chi connectivity index (χ3n) is 3.89. The van der Waals surface area contributed by atoms with E-state index in [4.69, 9.17) is 5.73 Å². The van der Waals surface area contributed by atoms with Crippen molar-refractivity contribution in [2.75, 3.05) is 33.2 Å². The third kappa shape index (κ3) is 2.10. The van der Waals surface area contributed by atoms with Gasteiger partial charge in [-0.3, -0.25) is 4.90 Å². The van der Waals surface area contributed by atoms with Crippen molar-refractivity contribution in [3.8, 4) is 0 Å². The molecule has 14 heavy (non-hydrogen) atoms. The topological polar surface area (TPSA) is 32.5 Å². The summed E-state index contributed by atoms with van der Waals surface area (Å²) in [6, 6.07) is 1.19. The second-order valence-electron chi connectivity index (χ2n) is 5.14. The van der Waals surface area contributed by atoms with E-state index < -0.39 is 0 Å². The first kappa shape index (κ1) is 10.4. The Kier molecular flexibility index (Phi) is 3.10. The van der Waals surface area contributed by atoms with Crippen LogP contribution in [0.2, 0.25) is 0 Å². The van der Waals surface area contributed by atoms with Crippen molar-refractivity contribution >= 4 is 0 Å². The number of hydrogen-bond acceptors (Lipinski definition) is 3. The summed E-state index contributed by atoms with van der Waals surface area (Å²) in [5, 5.41) is 0. The van der Waals surface area contributed by atoms with Gasteiger partial charge in [0.2, 0.25) is 0 Å². The Balaban J connectivity index is 1.81. The predicted molar refractivity (Wildman–Crippen MR) is 59.2 cm³/mol. The lowest BCUT2D eigenvalue weighted by atomic mass is 10.1. The van der Waals surface area contributed by atoms with Crippen LogP contribution < -0.4 is 5.73 Å². The number of rotatable bonds is 2. The zero-order chi connectivity index (χ0) is 10.1. The number of nitrogens with zero attached hydrogens (tertiary/aromatic N) is 2. The highest BCUT2D eigenvalue weighted by atomic mass is 15.2. The number of nitrogens with two attached hydrogens (primary N) is 1. The summed E-state index contributed by atoms with van der Waals surface area (Å²) in [6.45, 7) is 7.08. The monoisotopic (exact) mass is 197 g/mol. The van der Waals surface area contributed by atoms with Crippen LogP contribution in [0.5, 0.6) is 0 Å². The van der Waals surface area contributed by atoms with Crippen LogP contribution in [-0.2, 0) is 0 Å². The van der Waals surface area contributed by atoms with Gasteiger partial charge in [0.25, 0.3) is 0 Å². The van der Waals surface area contributed by atoms with Gasteiger partial charge in [0.15, 0.2) is 0 Å². The largest absolute Gasteiger partial charge is 0.326 e. The Morgan fingerprint density at radius 2 is 2.14 bits per heavy atom. The van der Waals surface area contributed by atoms with E-state index in [0.717, 1.165) is 12.6 Å². The van der Waals surface area contributed by atoms with Crippen LogP contribution in [0.3, 0.4) is 0 Å². The first-order chi connectivity index (χ1) is 6.66. The Morgan fingerprint density at radius 1 is 1.36 bits per heavy atom. The third-order valence-corrected chi connectivity index (χ3v) is 3.89. The molecule has 0 aromatic heterocycles. The van der Waals surface area contributed by atoms with E-state index in [2.05, 4.69) is 23.8 Å². The number of likely N-dealkylation sites (tertiary alicyclic amines) is 2. The van der Waals surface area contributed by atoms with Crippen LogP contribution >= 0.6 is 0 Å². The molecule has 0 saturated carbocycles. The molecule has 3 heteroatoms. The lowest BCUT2D eigenvalue weighted by molar-refractivity contribution is 0.216.